The summed E-state index contributed by atoms with van der Waals surface area (Å²) in [5.74, 6) is 9.09. The summed E-state index contributed by atoms with van der Waals surface area (Å²) in [6.07, 6.45) is 8.09. The van der Waals surface area contributed by atoms with E-state index in [2.05, 4.69) is 13.8 Å². The second-order valence-corrected chi connectivity index (χ2v) is 12.1. The number of aliphatic hydroxyl groups excluding tert-OH is 1. The highest BCUT2D eigenvalue weighted by molar-refractivity contribution is 6.30. The fraction of sp³-hybridized carbons (Fsp3) is 0.625. The molecule has 4 aliphatic carbocycles. The van der Waals surface area contributed by atoms with Crippen molar-refractivity contribution in [1.82, 2.24) is 0 Å². The SMILES string of the molecule is C.C.CC1CC2C(CCO)C2C1.CC1CC2C(CCOc3ccc(Cl)cc3)C2C1.Oc1ccc(Cl)cc1. The largest absolute Gasteiger partial charge is 0.508 e. The Morgan fingerprint density at radius 2 is 1.11 bits per heavy atom. The minimum absolute atomic E-state index is 0. The maximum Gasteiger partial charge on any atom is 0.119 e. The summed E-state index contributed by atoms with van der Waals surface area (Å²) in [6.45, 7) is 6.00. The maximum absolute atomic E-state index is 8.70. The van der Waals surface area contributed by atoms with Crippen LogP contribution in [0.4, 0.5) is 0 Å². The number of benzene rings is 2. The molecule has 0 aromatic heterocycles. The van der Waals surface area contributed by atoms with Gasteiger partial charge < -0.3 is 14.9 Å². The molecule has 0 heterocycles. The van der Waals surface area contributed by atoms with Crippen molar-refractivity contribution in [1.29, 1.82) is 0 Å². The van der Waals surface area contributed by atoms with Gasteiger partial charge in [-0.2, -0.15) is 0 Å². The number of aliphatic hydroxyl groups is 1. The highest BCUT2D eigenvalue weighted by Crippen LogP contribution is 2.61. The third kappa shape index (κ3) is 9.08. The Hall–Kier alpha value is -1.42. The molecule has 0 aliphatic heterocycles. The van der Waals surface area contributed by atoms with Crippen molar-refractivity contribution in [3.05, 3.63) is 58.6 Å². The van der Waals surface area contributed by atoms with Crippen LogP contribution in [0.1, 0.15) is 67.2 Å². The first-order chi connectivity index (χ1) is 16.9. The van der Waals surface area contributed by atoms with Gasteiger partial charge in [-0.1, -0.05) is 51.9 Å². The van der Waals surface area contributed by atoms with Gasteiger partial charge in [-0.3, -0.25) is 0 Å². The lowest BCUT2D eigenvalue weighted by Gasteiger charge is -2.09. The Labute approximate surface area is 235 Å². The molecule has 2 aromatic rings. The molecule has 2 aromatic carbocycles. The summed E-state index contributed by atoms with van der Waals surface area (Å²) in [5, 5.41) is 18.8. The van der Waals surface area contributed by atoms with Crippen LogP contribution in [0.5, 0.6) is 11.5 Å². The van der Waals surface area contributed by atoms with Gasteiger partial charge in [0, 0.05) is 16.7 Å². The topological polar surface area (TPSA) is 49.7 Å². The predicted molar refractivity (Wildman–Crippen MR) is 158 cm³/mol. The molecule has 4 aliphatic rings. The average molecular weight is 552 g/mol. The van der Waals surface area contributed by atoms with Crippen molar-refractivity contribution in [2.75, 3.05) is 13.2 Å². The Morgan fingerprint density at radius 3 is 1.51 bits per heavy atom. The molecule has 0 amide bonds. The number of ether oxygens (including phenoxy) is 1. The molecule has 4 atom stereocenters. The van der Waals surface area contributed by atoms with Gasteiger partial charge in [0.2, 0.25) is 0 Å². The molecular weight excluding hydrogens is 503 g/mol. The fourth-order valence-corrected chi connectivity index (χ4v) is 7.04. The Balaban J connectivity index is 0.000000207. The monoisotopic (exact) mass is 550 g/mol. The van der Waals surface area contributed by atoms with E-state index in [1.165, 1.54) is 32.1 Å². The molecule has 4 saturated carbocycles. The molecule has 2 N–H and O–H groups in total. The lowest BCUT2D eigenvalue weighted by Crippen LogP contribution is -2.03. The van der Waals surface area contributed by atoms with Crippen LogP contribution in [0.15, 0.2) is 48.5 Å². The molecular formula is C32H48Cl2O3. The van der Waals surface area contributed by atoms with E-state index in [0.29, 0.717) is 11.6 Å². The first kappa shape index (κ1) is 31.8. The van der Waals surface area contributed by atoms with Gasteiger partial charge in [-0.15, -0.1) is 0 Å². The predicted octanol–water partition coefficient (Wildman–Crippen LogP) is 9.38. The van der Waals surface area contributed by atoms with Crippen molar-refractivity contribution >= 4 is 23.2 Å². The van der Waals surface area contributed by atoms with Crippen molar-refractivity contribution in [2.45, 2.75) is 67.2 Å². The quantitative estimate of drug-likeness (QED) is 0.376. The summed E-state index contributed by atoms with van der Waals surface area (Å²) in [5.41, 5.74) is 0. The number of hydrogen-bond donors (Lipinski definition) is 2. The fourth-order valence-electron chi connectivity index (χ4n) is 6.79. The van der Waals surface area contributed by atoms with Gasteiger partial charge in [0.25, 0.3) is 0 Å². The van der Waals surface area contributed by atoms with Gasteiger partial charge in [-0.05, 0) is 134 Å². The molecule has 3 nitrogen and oxygen atoms in total. The van der Waals surface area contributed by atoms with Gasteiger partial charge in [0.1, 0.15) is 11.5 Å². The zero-order chi connectivity index (χ0) is 24.9. The number of phenols is 1. The van der Waals surface area contributed by atoms with Crippen LogP contribution in [0.3, 0.4) is 0 Å². The second-order valence-electron chi connectivity index (χ2n) is 11.2. The number of aromatic hydroxyl groups is 1. The standard InChI is InChI=1S/C15H19ClO.C9H16O.C6H5ClO.2CH4/c1-10-8-14-13(15(14)9-10)6-7-17-12-4-2-11(16)3-5-12;1-6-4-8-7(2-3-10)9(8)5-6;7-5-1-3-6(8)4-2-5;;/h2-5,10,13-15H,6-9H2,1H3;6-10H,2-5H2,1H3;1-4,8H;2*1H4. The molecule has 0 spiro atoms. The van der Waals surface area contributed by atoms with Gasteiger partial charge in [-0.25, -0.2) is 0 Å². The lowest BCUT2D eigenvalue weighted by molar-refractivity contribution is 0.267. The van der Waals surface area contributed by atoms with E-state index in [0.717, 1.165) is 71.1 Å². The van der Waals surface area contributed by atoms with Gasteiger partial charge in [0.05, 0.1) is 6.61 Å². The molecule has 4 unspecified atom stereocenters. The first-order valence-corrected chi connectivity index (χ1v) is 14.0. The first-order valence-electron chi connectivity index (χ1n) is 13.3. The van der Waals surface area contributed by atoms with Crippen molar-refractivity contribution in [3.8, 4) is 11.5 Å². The van der Waals surface area contributed by atoms with Crippen LogP contribution < -0.4 is 4.74 Å². The van der Waals surface area contributed by atoms with Crippen molar-refractivity contribution < 1.29 is 14.9 Å². The zero-order valence-corrected chi connectivity index (χ0v) is 22.5. The number of phenolic OH excluding ortho intramolecular Hbond substituents is 1. The van der Waals surface area contributed by atoms with E-state index in [1.807, 2.05) is 24.3 Å². The van der Waals surface area contributed by atoms with Crippen LogP contribution in [0.25, 0.3) is 0 Å². The molecule has 0 bridgehead atoms. The molecule has 37 heavy (non-hydrogen) atoms. The number of hydrogen-bond acceptors (Lipinski definition) is 3. The maximum atomic E-state index is 8.70. The highest BCUT2D eigenvalue weighted by atomic mass is 35.5. The molecule has 0 saturated heterocycles. The Bertz CT molecular complexity index is 865. The number of fused-ring (bicyclic) bond motifs is 2. The smallest absolute Gasteiger partial charge is 0.119 e. The van der Waals surface area contributed by atoms with Crippen molar-refractivity contribution in [3.63, 3.8) is 0 Å². The van der Waals surface area contributed by atoms with Crippen LogP contribution in [0, 0.1) is 47.3 Å². The van der Waals surface area contributed by atoms with E-state index in [9.17, 15) is 0 Å². The minimum Gasteiger partial charge on any atom is -0.508 e. The minimum atomic E-state index is 0. The van der Waals surface area contributed by atoms with Crippen molar-refractivity contribution in [2.24, 2.45) is 47.3 Å². The number of halogens is 2. The number of rotatable bonds is 6. The lowest BCUT2D eigenvalue weighted by atomic mass is 10.0. The third-order valence-electron chi connectivity index (χ3n) is 8.54. The summed E-state index contributed by atoms with van der Waals surface area (Å²) in [6, 6.07) is 14.0. The molecule has 0 radical (unpaired) electrons. The van der Waals surface area contributed by atoms with Crippen LogP contribution in [0.2, 0.25) is 10.0 Å². The van der Waals surface area contributed by atoms with Gasteiger partial charge >= 0.3 is 0 Å². The van der Waals surface area contributed by atoms with E-state index in [-0.39, 0.29) is 20.6 Å². The third-order valence-corrected chi connectivity index (χ3v) is 9.04. The summed E-state index contributed by atoms with van der Waals surface area (Å²) in [4.78, 5) is 0. The van der Waals surface area contributed by atoms with E-state index >= 15 is 0 Å². The normalized spacial score (nSPS) is 31.6. The van der Waals surface area contributed by atoms with E-state index < -0.39 is 0 Å². The van der Waals surface area contributed by atoms with Crippen LogP contribution in [-0.4, -0.2) is 23.4 Å². The second kappa shape index (κ2) is 14.7. The van der Waals surface area contributed by atoms with Gasteiger partial charge in [0.15, 0.2) is 0 Å². The Morgan fingerprint density at radius 1 is 0.703 bits per heavy atom. The summed E-state index contributed by atoms with van der Waals surface area (Å²) in [7, 11) is 0. The molecule has 208 valence electrons. The van der Waals surface area contributed by atoms with E-state index in [1.54, 1.807) is 24.3 Å². The molecule has 6 rings (SSSR count). The van der Waals surface area contributed by atoms with Crippen LogP contribution >= 0.6 is 23.2 Å². The summed E-state index contributed by atoms with van der Waals surface area (Å²) >= 11 is 11.3. The highest BCUT2D eigenvalue weighted by Gasteiger charge is 2.54. The van der Waals surface area contributed by atoms with E-state index in [4.69, 9.17) is 38.2 Å². The Kier molecular flexibility index (Phi) is 12.6. The summed E-state index contributed by atoms with van der Waals surface area (Å²) < 4.78 is 5.75. The molecule has 4 fully saturated rings. The average Bonchev–Trinajstić information content (AvgIpc) is 3.49. The zero-order valence-electron chi connectivity index (χ0n) is 21.0. The molecule has 5 heteroatoms. The van der Waals surface area contributed by atoms with Crippen LogP contribution in [-0.2, 0) is 0 Å².